The third-order valence-corrected chi connectivity index (χ3v) is 4.84. The average molecular weight is 291 g/mol. The van der Waals surface area contributed by atoms with Crippen molar-refractivity contribution in [1.82, 2.24) is 4.90 Å². The molecule has 0 radical (unpaired) electrons. The fourth-order valence-corrected chi connectivity index (χ4v) is 3.51. The first kappa shape index (κ1) is 13.2. The van der Waals surface area contributed by atoms with Gasteiger partial charge in [0.1, 0.15) is 5.82 Å². The minimum atomic E-state index is -0.819. The maximum atomic E-state index is 13.8. The summed E-state index contributed by atoms with van der Waals surface area (Å²) >= 11 is 0. The van der Waals surface area contributed by atoms with E-state index in [9.17, 15) is 13.4 Å². The molecule has 2 aromatic carbocycles. The molecular formula is C15H14FNO2S. The first-order valence-corrected chi connectivity index (χ1v) is 7.97. The second-order valence-electron chi connectivity index (χ2n) is 4.78. The molecule has 1 heterocycles. The molecule has 5 heteroatoms. The first-order chi connectivity index (χ1) is 9.66. The van der Waals surface area contributed by atoms with Crippen LogP contribution >= 0.6 is 0 Å². The average Bonchev–Trinajstić information content (AvgIpc) is 2.48. The summed E-state index contributed by atoms with van der Waals surface area (Å²) in [6.45, 7) is 0.994. The monoisotopic (exact) mass is 291 g/mol. The summed E-state index contributed by atoms with van der Waals surface area (Å²) in [6, 6.07) is 9.84. The van der Waals surface area contributed by atoms with Gasteiger partial charge in [-0.15, -0.1) is 0 Å². The number of hydrogen-bond acceptors (Lipinski definition) is 2. The van der Waals surface area contributed by atoms with Gasteiger partial charge in [0.15, 0.2) is 0 Å². The van der Waals surface area contributed by atoms with Crippen LogP contribution in [0.15, 0.2) is 36.4 Å². The van der Waals surface area contributed by atoms with Crippen LogP contribution in [0.25, 0.3) is 10.8 Å². The Balaban J connectivity index is 2.00. The Labute approximate surface area is 118 Å². The molecule has 1 amide bonds. The highest BCUT2D eigenvalue weighted by atomic mass is 32.2. The molecular weight excluding hydrogens is 277 g/mol. The lowest BCUT2D eigenvalue weighted by Gasteiger charge is -2.26. The number of amides is 1. The fourth-order valence-electron chi connectivity index (χ4n) is 2.46. The third-order valence-electron chi connectivity index (χ3n) is 3.57. The van der Waals surface area contributed by atoms with Crippen LogP contribution in [0.3, 0.4) is 0 Å². The smallest absolute Gasteiger partial charge is 0.254 e. The van der Waals surface area contributed by atoms with Crippen molar-refractivity contribution in [2.45, 2.75) is 0 Å². The van der Waals surface area contributed by atoms with Gasteiger partial charge in [0.25, 0.3) is 5.91 Å². The SMILES string of the molecule is O=C(c1ccc(F)c2ccccc12)N1CCS(=O)CC1. The summed E-state index contributed by atoms with van der Waals surface area (Å²) < 4.78 is 25.1. The van der Waals surface area contributed by atoms with Crippen molar-refractivity contribution in [2.24, 2.45) is 0 Å². The van der Waals surface area contributed by atoms with E-state index in [4.69, 9.17) is 0 Å². The minimum Gasteiger partial charge on any atom is -0.337 e. The highest BCUT2D eigenvalue weighted by Crippen LogP contribution is 2.23. The van der Waals surface area contributed by atoms with Crippen molar-refractivity contribution in [1.29, 1.82) is 0 Å². The summed E-state index contributed by atoms with van der Waals surface area (Å²) in [6.07, 6.45) is 0. The zero-order valence-corrected chi connectivity index (χ0v) is 11.7. The Hall–Kier alpha value is -1.75. The van der Waals surface area contributed by atoms with Crippen molar-refractivity contribution in [3.8, 4) is 0 Å². The van der Waals surface area contributed by atoms with E-state index in [1.165, 1.54) is 12.1 Å². The van der Waals surface area contributed by atoms with Crippen molar-refractivity contribution in [3.63, 3.8) is 0 Å². The molecule has 0 saturated carbocycles. The number of carbonyl (C=O) groups excluding carboxylic acids is 1. The van der Waals surface area contributed by atoms with Gasteiger partial charge >= 0.3 is 0 Å². The molecule has 3 rings (SSSR count). The minimum absolute atomic E-state index is 0.113. The second-order valence-corrected chi connectivity index (χ2v) is 6.48. The van der Waals surface area contributed by atoms with Crippen LogP contribution in [0.2, 0.25) is 0 Å². The number of nitrogens with zero attached hydrogens (tertiary/aromatic N) is 1. The normalized spacial score (nSPS) is 16.6. The number of halogens is 1. The molecule has 2 aromatic rings. The molecule has 104 valence electrons. The molecule has 0 spiro atoms. The van der Waals surface area contributed by atoms with Crippen molar-refractivity contribution < 1.29 is 13.4 Å². The quantitative estimate of drug-likeness (QED) is 0.807. The lowest BCUT2D eigenvalue weighted by molar-refractivity contribution is 0.0773. The first-order valence-electron chi connectivity index (χ1n) is 6.48. The number of hydrogen-bond donors (Lipinski definition) is 0. The topological polar surface area (TPSA) is 37.4 Å². The van der Waals surface area contributed by atoms with Gasteiger partial charge in [-0.3, -0.25) is 9.00 Å². The van der Waals surface area contributed by atoms with E-state index in [-0.39, 0.29) is 11.7 Å². The summed E-state index contributed by atoms with van der Waals surface area (Å²) in [4.78, 5) is 14.2. The molecule has 3 nitrogen and oxygen atoms in total. The molecule has 0 unspecified atom stereocenters. The predicted octanol–water partition coefficient (Wildman–Crippen LogP) is 2.18. The van der Waals surface area contributed by atoms with Crippen LogP contribution in [0.4, 0.5) is 4.39 Å². The van der Waals surface area contributed by atoms with E-state index in [1.807, 2.05) is 0 Å². The lowest BCUT2D eigenvalue weighted by Crippen LogP contribution is -2.41. The molecule has 0 N–H and O–H groups in total. The number of carbonyl (C=O) groups is 1. The van der Waals surface area contributed by atoms with E-state index < -0.39 is 10.8 Å². The fraction of sp³-hybridized carbons (Fsp3) is 0.267. The third kappa shape index (κ3) is 2.33. The largest absolute Gasteiger partial charge is 0.337 e. The van der Waals surface area contributed by atoms with Gasteiger partial charge < -0.3 is 4.90 Å². The standard InChI is InChI=1S/C15H14FNO2S/c16-14-6-5-13(11-3-1-2-4-12(11)14)15(18)17-7-9-20(19)10-8-17/h1-6H,7-10H2. The van der Waals surface area contributed by atoms with E-state index in [2.05, 4.69) is 0 Å². The van der Waals surface area contributed by atoms with Gasteiger partial charge in [-0.2, -0.15) is 0 Å². The lowest BCUT2D eigenvalue weighted by atomic mass is 10.0. The zero-order valence-electron chi connectivity index (χ0n) is 10.8. The molecule has 0 bridgehead atoms. The molecule has 1 aliphatic rings. The highest BCUT2D eigenvalue weighted by Gasteiger charge is 2.22. The Kier molecular flexibility index (Phi) is 3.53. The molecule has 1 aliphatic heterocycles. The van der Waals surface area contributed by atoms with Gasteiger partial charge in [0.05, 0.1) is 0 Å². The van der Waals surface area contributed by atoms with E-state index in [0.29, 0.717) is 40.9 Å². The Bertz CT molecular complexity index is 691. The van der Waals surface area contributed by atoms with E-state index in [1.54, 1.807) is 29.2 Å². The summed E-state index contributed by atoms with van der Waals surface area (Å²) in [5.74, 6) is 0.602. The number of fused-ring (bicyclic) bond motifs is 1. The van der Waals surface area contributed by atoms with Gasteiger partial charge in [-0.05, 0) is 17.5 Å². The summed E-state index contributed by atoms with van der Waals surface area (Å²) in [5, 5.41) is 1.09. The van der Waals surface area contributed by atoms with Crippen LogP contribution in [-0.2, 0) is 10.8 Å². The maximum Gasteiger partial charge on any atom is 0.254 e. The van der Waals surface area contributed by atoms with E-state index in [0.717, 1.165) is 0 Å². The summed E-state index contributed by atoms with van der Waals surface area (Å²) in [5.41, 5.74) is 0.509. The number of rotatable bonds is 1. The van der Waals surface area contributed by atoms with Crippen LogP contribution in [0.1, 0.15) is 10.4 Å². The van der Waals surface area contributed by atoms with Gasteiger partial charge in [-0.25, -0.2) is 4.39 Å². The zero-order chi connectivity index (χ0) is 14.1. The number of benzene rings is 2. The molecule has 20 heavy (non-hydrogen) atoms. The highest BCUT2D eigenvalue weighted by molar-refractivity contribution is 7.85. The van der Waals surface area contributed by atoms with Crippen molar-refractivity contribution in [2.75, 3.05) is 24.6 Å². The van der Waals surface area contributed by atoms with Crippen LogP contribution in [0, 0.1) is 5.82 Å². The summed E-state index contributed by atoms with van der Waals surface area (Å²) in [7, 11) is -0.819. The maximum absolute atomic E-state index is 13.8. The Morgan fingerprint density at radius 1 is 1.05 bits per heavy atom. The van der Waals surface area contributed by atoms with Crippen LogP contribution in [0.5, 0.6) is 0 Å². The predicted molar refractivity (Wildman–Crippen MR) is 77.7 cm³/mol. The van der Waals surface area contributed by atoms with Crippen LogP contribution in [-0.4, -0.2) is 39.6 Å². The molecule has 0 atom stereocenters. The van der Waals surface area contributed by atoms with Crippen LogP contribution < -0.4 is 0 Å². The molecule has 0 aromatic heterocycles. The van der Waals surface area contributed by atoms with Gasteiger partial charge in [-0.1, -0.05) is 24.3 Å². The molecule has 1 saturated heterocycles. The van der Waals surface area contributed by atoms with E-state index >= 15 is 0 Å². The van der Waals surface area contributed by atoms with Crippen molar-refractivity contribution in [3.05, 3.63) is 47.8 Å². The van der Waals surface area contributed by atoms with Gasteiger partial charge in [0.2, 0.25) is 0 Å². The Morgan fingerprint density at radius 3 is 2.40 bits per heavy atom. The molecule has 1 fully saturated rings. The Morgan fingerprint density at radius 2 is 1.70 bits per heavy atom. The second kappa shape index (κ2) is 5.32. The van der Waals surface area contributed by atoms with Gasteiger partial charge in [0, 0.05) is 46.3 Å². The van der Waals surface area contributed by atoms with Crippen molar-refractivity contribution >= 4 is 27.5 Å². The molecule has 0 aliphatic carbocycles.